The molecule has 0 radical (unpaired) electrons. The Morgan fingerprint density at radius 2 is 1.87 bits per heavy atom. The molecule has 0 unspecified atom stereocenters. The van der Waals surface area contributed by atoms with Gasteiger partial charge in [0.05, 0.1) is 0 Å². The van der Waals surface area contributed by atoms with E-state index in [1.807, 2.05) is 43.3 Å². The zero-order chi connectivity index (χ0) is 21.4. The molecule has 0 bridgehead atoms. The van der Waals surface area contributed by atoms with Crippen LogP contribution in [-0.4, -0.2) is 15.0 Å². The lowest BCUT2D eigenvalue weighted by molar-refractivity contribution is 0.295. The van der Waals surface area contributed by atoms with Crippen molar-refractivity contribution in [1.29, 1.82) is 0 Å². The first-order valence-electron chi connectivity index (χ1n) is 10.1. The van der Waals surface area contributed by atoms with Crippen LogP contribution in [-0.2, 0) is 19.4 Å². The van der Waals surface area contributed by atoms with Gasteiger partial charge in [-0.25, -0.2) is 4.79 Å². The van der Waals surface area contributed by atoms with Crippen molar-refractivity contribution in [1.82, 2.24) is 15.0 Å². The number of nitrogens with zero attached hydrogens (tertiary/aromatic N) is 3. The molecule has 8 heteroatoms. The van der Waals surface area contributed by atoms with Crippen molar-refractivity contribution < 1.29 is 9.15 Å². The number of anilines is 3. The van der Waals surface area contributed by atoms with Crippen LogP contribution in [0.4, 0.5) is 17.6 Å². The molecule has 31 heavy (non-hydrogen) atoms. The molecule has 1 aliphatic rings. The summed E-state index contributed by atoms with van der Waals surface area (Å²) in [6.07, 6.45) is 2.67. The molecule has 1 aliphatic carbocycles. The van der Waals surface area contributed by atoms with Crippen LogP contribution in [0.2, 0.25) is 0 Å². The van der Waals surface area contributed by atoms with Crippen LogP contribution in [0.15, 0.2) is 51.7 Å². The second kappa shape index (κ2) is 7.71. The molecule has 4 aromatic rings. The van der Waals surface area contributed by atoms with Gasteiger partial charge in [-0.3, -0.25) is 0 Å². The number of nitrogens with two attached hydrogens (primary N) is 1. The third-order valence-corrected chi connectivity index (χ3v) is 5.32. The second-order valence-corrected chi connectivity index (χ2v) is 7.57. The Labute approximate surface area is 178 Å². The van der Waals surface area contributed by atoms with Gasteiger partial charge in [0.2, 0.25) is 11.9 Å². The largest absolute Gasteiger partial charge is 0.485 e. The zero-order valence-corrected chi connectivity index (χ0v) is 17.0. The summed E-state index contributed by atoms with van der Waals surface area (Å²) < 4.78 is 11.3. The fraction of sp³-hybridized carbons (Fsp3) is 0.217. The molecule has 0 amide bonds. The summed E-state index contributed by atoms with van der Waals surface area (Å²) in [7, 11) is 0. The van der Waals surface area contributed by atoms with E-state index >= 15 is 0 Å². The minimum Gasteiger partial charge on any atom is -0.485 e. The molecule has 5 rings (SSSR count). The number of rotatable bonds is 5. The Bertz CT molecular complexity index is 1330. The maximum Gasteiger partial charge on any atom is 0.339 e. The average Bonchev–Trinajstić information content (AvgIpc) is 3.24. The summed E-state index contributed by atoms with van der Waals surface area (Å²) in [5, 5.41) is 4.08. The summed E-state index contributed by atoms with van der Waals surface area (Å²) in [6, 6.07) is 13.4. The van der Waals surface area contributed by atoms with Crippen molar-refractivity contribution in [3.8, 4) is 5.75 Å². The van der Waals surface area contributed by atoms with Crippen LogP contribution in [0.25, 0.3) is 11.0 Å². The molecule has 0 saturated carbocycles. The molecular weight excluding hydrogens is 394 g/mol. The lowest BCUT2D eigenvalue weighted by Gasteiger charge is -2.10. The molecule has 0 atom stereocenters. The molecule has 2 aromatic carbocycles. The van der Waals surface area contributed by atoms with E-state index in [0.29, 0.717) is 23.1 Å². The number of hydrogen-bond acceptors (Lipinski definition) is 8. The molecule has 0 spiro atoms. The SMILES string of the molecule is Cc1ccc(Nc2nc(N)nc(COc3ccc4c5c(c(=O)oc4c3)CCC5)n2)cc1. The van der Waals surface area contributed by atoms with Gasteiger partial charge in [-0.1, -0.05) is 17.7 Å². The van der Waals surface area contributed by atoms with Crippen molar-refractivity contribution in [2.45, 2.75) is 32.8 Å². The Kier molecular flexibility index (Phi) is 4.74. The van der Waals surface area contributed by atoms with E-state index in [0.717, 1.165) is 47.0 Å². The first-order valence-corrected chi connectivity index (χ1v) is 10.1. The molecule has 156 valence electrons. The molecule has 8 nitrogen and oxygen atoms in total. The highest BCUT2D eigenvalue weighted by Crippen LogP contribution is 2.29. The maximum absolute atomic E-state index is 12.2. The van der Waals surface area contributed by atoms with Crippen LogP contribution in [0, 0.1) is 6.92 Å². The van der Waals surface area contributed by atoms with Crippen LogP contribution >= 0.6 is 0 Å². The molecule has 0 aliphatic heterocycles. The van der Waals surface area contributed by atoms with E-state index in [2.05, 4.69) is 20.3 Å². The monoisotopic (exact) mass is 415 g/mol. The highest BCUT2D eigenvalue weighted by atomic mass is 16.5. The summed E-state index contributed by atoms with van der Waals surface area (Å²) in [6.45, 7) is 2.11. The number of aryl methyl sites for hydroxylation is 2. The summed E-state index contributed by atoms with van der Waals surface area (Å²) in [5.74, 6) is 1.39. The first-order chi connectivity index (χ1) is 15.0. The minimum atomic E-state index is -0.255. The van der Waals surface area contributed by atoms with Crippen LogP contribution in [0.1, 0.15) is 28.9 Å². The van der Waals surface area contributed by atoms with Gasteiger partial charge in [0.25, 0.3) is 0 Å². The maximum atomic E-state index is 12.2. The minimum absolute atomic E-state index is 0.0932. The normalized spacial score (nSPS) is 12.7. The smallest absolute Gasteiger partial charge is 0.339 e. The Morgan fingerprint density at radius 1 is 1.06 bits per heavy atom. The number of ether oxygens (including phenoxy) is 1. The first kappa shape index (κ1) is 19.0. The van der Waals surface area contributed by atoms with Gasteiger partial charge in [0.15, 0.2) is 5.82 Å². The number of fused-ring (bicyclic) bond motifs is 3. The molecule has 3 N–H and O–H groups in total. The van der Waals surface area contributed by atoms with Crippen LogP contribution in [0.3, 0.4) is 0 Å². The van der Waals surface area contributed by atoms with Crippen molar-refractivity contribution in [3.63, 3.8) is 0 Å². The quantitative estimate of drug-likeness (QED) is 0.474. The number of nitrogens with one attached hydrogen (secondary N) is 1. The standard InChI is InChI=1S/C23H21N5O3/c1-13-5-7-14(8-6-13)25-23-27-20(26-22(24)28-23)12-30-15-9-10-17-16-3-2-4-18(16)21(29)31-19(17)11-15/h5-11H,2-4,12H2,1H3,(H3,24,25,26,27,28). The number of nitrogen functional groups attached to an aromatic ring is 1. The van der Waals surface area contributed by atoms with E-state index in [4.69, 9.17) is 14.9 Å². The summed E-state index contributed by atoms with van der Waals surface area (Å²) >= 11 is 0. The van der Waals surface area contributed by atoms with Crippen molar-refractivity contribution in [3.05, 3.63) is 75.4 Å². The third-order valence-electron chi connectivity index (χ3n) is 5.32. The van der Waals surface area contributed by atoms with Gasteiger partial charge in [-0.05, 0) is 56.0 Å². The van der Waals surface area contributed by atoms with E-state index in [9.17, 15) is 4.79 Å². The zero-order valence-electron chi connectivity index (χ0n) is 17.0. The number of aromatic nitrogens is 3. The molecule has 0 saturated heterocycles. The molecule has 0 fully saturated rings. The Balaban J connectivity index is 1.35. The van der Waals surface area contributed by atoms with Gasteiger partial charge >= 0.3 is 5.63 Å². The van der Waals surface area contributed by atoms with Gasteiger partial charge in [-0.2, -0.15) is 15.0 Å². The van der Waals surface area contributed by atoms with Crippen molar-refractivity contribution >= 4 is 28.6 Å². The Hall–Kier alpha value is -3.94. The van der Waals surface area contributed by atoms with Gasteiger partial charge in [0.1, 0.15) is 17.9 Å². The lowest BCUT2D eigenvalue weighted by Crippen LogP contribution is -2.09. The highest BCUT2D eigenvalue weighted by Gasteiger charge is 2.19. The van der Waals surface area contributed by atoms with E-state index in [-0.39, 0.29) is 18.2 Å². The van der Waals surface area contributed by atoms with Gasteiger partial charge < -0.3 is 20.2 Å². The van der Waals surface area contributed by atoms with E-state index in [1.165, 1.54) is 0 Å². The average molecular weight is 415 g/mol. The highest BCUT2D eigenvalue weighted by molar-refractivity contribution is 5.83. The summed E-state index contributed by atoms with van der Waals surface area (Å²) in [5.41, 5.74) is 10.0. The lowest BCUT2D eigenvalue weighted by atomic mass is 10.1. The second-order valence-electron chi connectivity index (χ2n) is 7.57. The number of hydrogen-bond donors (Lipinski definition) is 2. The topological polar surface area (TPSA) is 116 Å². The fourth-order valence-corrected chi connectivity index (χ4v) is 3.83. The van der Waals surface area contributed by atoms with E-state index in [1.54, 1.807) is 6.07 Å². The van der Waals surface area contributed by atoms with E-state index < -0.39 is 0 Å². The molecule has 2 heterocycles. The van der Waals surface area contributed by atoms with Crippen LogP contribution in [0.5, 0.6) is 5.75 Å². The number of benzene rings is 2. The van der Waals surface area contributed by atoms with Crippen molar-refractivity contribution in [2.75, 3.05) is 11.1 Å². The van der Waals surface area contributed by atoms with Crippen molar-refractivity contribution in [2.24, 2.45) is 0 Å². The third kappa shape index (κ3) is 3.92. The predicted octanol–water partition coefficient (Wildman–Crippen LogP) is 3.68. The van der Waals surface area contributed by atoms with Gasteiger partial charge in [0, 0.05) is 22.7 Å². The molecule has 2 aromatic heterocycles. The van der Waals surface area contributed by atoms with Crippen LogP contribution < -0.4 is 21.4 Å². The predicted molar refractivity (Wildman–Crippen MR) is 118 cm³/mol. The summed E-state index contributed by atoms with van der Waals surface area (Å²) in [4.78, 5) is 24.9. The Morgan fingerprint density at radius 3 is 2.71 bits per heavy atom. The molecular formula is C23H21N5O3. The fourth-order valence-electron chi connectivity index (χ4n) is 3.83. The van der Waals surface area contributed by atoms with Gasteiger partial charge in [-0.15, -0.1) is 0 Å².